The number of ether oxygens (including phenoxy) is 3. The molecule has 1 aromatic carbocycles. The molecular weight excluding hydrogens is 358 g/mol. The van der Waals surface area contributed by atoms with Gasteiger partial charge in [-0.2, -0.15) is 0 Å². The van der Waals surface area contributed by atoms with Crippen LogP contribution in [0, 0.1) is 0 Å². The van der Waals surface area contributed by atoms with Gasteiger partial charge < -0.3 is 30.0 Å². The van der Waals surface area contributed by atoms with Crippen LogP contribution in [0.5, 0.6) is 17.2 Å². The van der Waals surface area contributed by atoms with E-state index in [1.807, 2.05) is 13.0 Å². The number of benzene rings is 1. The molecule has 0 atom stereocenters. The van der Waals surface area contributed by atoms with Crippen molar-refractivity contribution in [3.8, 4) is 17.2 Å². The van der Waals surface area contributed by atoms with Gasteiger partial charge in [0.05, 0.1) is 33.5 Å². The van der Waals surface area contributed by atoms with Crippen LogP contribution in [-0.4, -0.2) is 51.1 Å². The fourth-order valence-electron chi connectivity index (χ4n) is 3.20. The standard InChI is InChI=1S/C21H37N3O4/c1-7-10-21(25,11-8-2)15-24-20(22-9-3)23-14-16-12-18(27-5)19(28-6)13-17(16)26-4/h12-13,25H,7-11,14-15H2,1-6H3,(H2,22,23,24). The van der Waals surface area contributed by atoms with Gasteiger partial charge in [-0.05, 0) is 25.8 Å². The maximum absolute atomic E-state index is 10.8. The van der Waals surface area contributed by atoms with Crippen molar-refractivity contribution in [2.24, 2.45) is 4.99 Å². The van der Waals surface area contributed by atoms with Crippen molar-refractivity contribution in [2.45, 2.75) is 58.6 Å². The molecule has 0 aliphatic rings. The summed E-state index contributed by atoms with van der Waals surface area (Å²) in [4.78, 5) is 4.65. The summed E-state index contributed by atoms with van der Waals surface area (Å²) in [5.74, 6) is 2.59. The summed E-state index contributed by atoms with van der Waals surface area (Å²) in [6.45, 7) is 7.78. The van der Waals surface area contributed by atoms with Gasteiger partial charge >= 0.3 is 0 Å². The van der Waals surface area contributed by atoms with E-state index in [0.717, 1.165) is 37.8 Å². The number of nitrogens with zero attached hydrogens (tertiary/aromatic N) is 1. The van der Waals surface area contributed by atoms with Gasteiger partial charge in [0.15, 0.2) is 17.5 Å². The zero-order valence-corrected chi connectivity index (χ0v) is 18.2. The van der Waals surface area contributed by atoms with Gasteiger partial charge in [0.25, 0.3) is 0 Å². The van der Waals surface area contributed by atoms with Gasteiger partial charge in [-0.1, -0.05) is 26.7 Å². The fourth-order valence-corrected chi connectivity index (χ4v) is 3.20. The molecule has 0 bridgehead atoms. The van der Waals surface area contributed by atoms with Crippen LogP contribution in [-0.2, 0) is 6.54 Å². The highest BCUT2D eigenvalue weighted by molar-refractivity contribution is 5.79. The third kappa shape index (κ3) is 7.11. The van der Waals surface area contributed by atoms with Crippen LogP contribution in [0.4, 0.5) is 0 Å². The first-order valence-corrected chi connectivity index (χ1v) is 10.00. The smallest absolute Gasteiger partial charge is 0.191 e. The van der Waals surface area contributed by atoms with Crippen molar-refractivity contribution in [1.82, 2.24) is 10.6 Å². The number of hydrogen-bond acceptors (Lipinski definition) is 5. The molecule has 0 radical (unpaired) electrons. The molecule has 7 nitrogen and oxygen atoms in total. The molecule has 7 heteroatoms. The third-order valence-electron chi connectivity index (χ3n) is 4.55. The summed E-state index contributed by atoms with van der Waals surface area (Å²) in [6.07, 6.45) is 3.40. The second kappa shape index (κ2) is 12.3. The SMILES string of the molecule is CCCC(O)(CCC)CNC(=NCc1cc(OC)c(OC)cc1OC)NCC. The minimum absolute atomic E-state index is 0.402. The predicted molar refractivity (Wildman–Crippen MR) is 114 cm³/mol. The van der Waals surface area contributed by atoms with Crippen molar-refractivity contribution in [3.63, 3.8) is 0 Å². The molecule has 0 fully saturated rings. The van der Waals surface area contributed by atoms with E-state index >= 15 is 0 Å². The minimum Gasteiger partial charge on any atom is -0.496 e. The lowest BCUT2D eigenvalue weighted by Crippen LogP contribution is -2.47. The van der Waals surface area contributed by atoms with Gasteiger partial charge in [-0.3, -0.25) is 0 Å². The van der Waals surface area contributed by atoms with Crippen LogP contribution in [0.15, 0.2) is 17.1 Å². The molecule has 1 rings (SSSR count). The molecule has 1 aromatic rings. The van der Waals surface area contributed by atoms with Gasteiger partial charge in [0.2, 0.25) is 0 Å². The molecule has 0 saturated carbocycles. The monoisotopic (exact) mass is 395 g/mol. The van der Waals surface area contributed by atoms with E-state index in [0.29, 0.717) is 36.3 Å². The van der Waals surface area contributed by atoms with Gasteiger partial charge in [0.1, 0.15) is 5.75 Å². The molecule has 0 aromatic heterocycles. The Bertz CT molecular complexity index is 614. The number of nitrogens with one attached hydrogen (secondary N) is 2. The van der Waals surface area contributed by atoms with Crippen LogP contribution >= 0.6 is 0 Å². The summed E-state index contributed by atoms with van der Waals surface area (Å²) in [7, 11) is 4.81. The number of aliphatic imine (C=N–C) groups is 1. The number of methoxy groups -OCH3 is 3. The normalized spacial score (nSPS) is 11.9. The van der Waals surface area contributed by atoms with Crippen LogP contribution in [0.25, 0.3) is 0 Å². The van der Waals surface area contributed by atoms with E-state index in [4.69, 9.17) is 14.2 Å². The van der Waals surface area contributed by atoms with E-state index in [-0.39, 0.29) is 0 Å². The first kappa shape index (κ1) is 23.9. The molecule has 0 heterocycles. The predicted octanol–water partition coefficient (Wildman–Crippen LogP) is 3.10. The van der Waals surface area contributed by atoms with Crippen molar-refractivity contribution in [1.29, 1.82) is 0 Å². The van der Waals surface area contributed by atoms with Crippen LogP contribution in [0.1, 0.15) is 52.0 Å². The fraction of sp³-hybridized carbons (Fsp3) is 0.667. The highest BCUT2D eigenvalue weighted by Gasteiger charge is 2.25. The molecule has 28 heavy (non-hydrogen) atoms. The molecule has 0 spiro atoms. The Morgan fingerprint density at radius 2 is 1.50 bits per heavy atom. The molecular formula is C21H37N3O4. The summed E-state index contributed by atoms with van der Waals surface area (Å²) in [5.41, 5.74) is 0.162. The van der Waals surface area contributed by atoms with Crippen molar-refractivity contribution in [3.05, 3.63) is 17.7 Å². The van der Waals surface area contributed by atoms with Crippen molar-refractivity contribution in [2.75, 3.05) is 34.4 Å². The lowest BCUT2D eigenvalue weighted by Gasteiger charge is -2.28. The minimum atomic E-state index is -0.722. The van der Waals surface area contributed by atoms with Crippen molar-refractivity contribution >= 4 is 5.96 Å². The molecule has 160 valence electrons. The van der Waals surface area contributed by atoms with Crippen molar-refractivity contribution < 1.29 is 19.3 Å². The Kier molecular flexibility index (Phi) is 10.5. The van der Waals surface area contributed by atoms with Gasteiger partial charge in [-0.25, -0.2) is 4.99 Å². The Balaban J connectivity index is 2.97. The second-order valence-electron chi connectivity index (χ2n) is 6.79. The average molecular weight is 396 g/mol. The van der Waals surface area contributed by atoms with E-state index in [2.05, 4.69) is 29.5 Å². The van der Waals surface area contributed by atoms with E-state index in [1.54, 1.807) is 27.4 Å². The number of guanidine groups is 1. The molecule has 0 unspecified atom stereocenters. The molecule has 0 saturated heterocycles. The van der Waals surface area contributed by atoms with Crippen LogP contribution in [0.2, 0.25) is 0 Å². The first-order valence-electron chi connectivity index (χ1n) is 10.00. The topological polar surface area (TPSA) is 84.3 Å². The second-order valence-corrected chi connectivity index (χ2v) is 6.79. The molecule has 0 amide bonds. The quantitative estimate of drug-likeness (QED) is 0.373. The van der Waals surface area contributed by atoms with E-state index in [1.165, 1.54) is 0 Å². The summed E-state index contributed by atoms with van der Waals surface area (Å²) < 4.78 is 16.2. The average Bonchev–Trinajstić information content (AvgIpc) is 2.69. The lowest BCUT2D eigenvalue weighted by molar-refractivity contribution is 0.0257. The van der Waals surface area contributed by atoms with E-state index < -0.39 is 5.60 Å². The maximum Gasteiger partial charge on any atom is 0.191 e. The summed E-state index contributed by atoms with van der Waals surface area (Å²) in [6, 6.07) is 3.67. The number of aliphatic hydroxyl groups is 1. The molecule has 0 aliphatic heterocycles. The van der Waals surface area contributed by atoms with Crippen LogP contribution in [0.3, 0.4) is 0 Å². The Hall–Kier alpha value is -2.15. The Labute approximate surface area is 169 Å². The largest absolute Gasteiger partial charge is 0.496 e. The highest BCUT2D eigenvalue weighted by Crippen LogP contribution is 2.34. The molecule has 0 aliphatic carbocycles. The first-order chi connectivity index (χ1) is 13.5. The van der Waals surface area contributed by atoms with Crippen LogP contribution < -0.4 is 24.8 Å². The third-order valence-corrected chi connectivity index (χ3v) is 4.55. The Morgan fingerprint density at radius 1 is 0.929 bits per heavy atom. The zero-order valence-electron chi connectivity index (χ0n) is 18.2. The number of hydrogen-bond donors (Lipinski definition) is 3. The number of rotatable bonds is 12. The van der Waals surface area contributed by atoms with E-state index in [9.17, 15) is 5.11 Å². The summed E-state index contributed by atoms with van der Waals surface area (Å²) >= 11 is 0. The molecule has 3 N–H and O–H groups in total. The Morgan fingerprint density at radius 3 is 2.00 bits per heavy atom. The summed E-state index contributed by atoms with van der Waals surface area (Å²) in [5, 5.41) is 17.3. The lowest BCUT2D eigenvalue weighted by atomic mass is 9.93. The van der Waals surface area contributed by atoms with Gasteiger partial charge in [0, 0.05) is 24.7 Å². The maximum atomic E-state index is 10.8. The highest BCUT2D eigenvalue weighted by atomic mass is 16.5. The van der Waals surface area contributed by atoms with Gasteiger partial charge in [-0.15, -0.1) is 0 Å². The zero-order chi connectivity index (χ0) is 21.0.